The Morgan fingerprint density at radius 3 is 2.10 bits per heavy atom. The van der Waals surface area contributed by atoms with Gasteiger partial charge in [-0.3, -0.25) is 0 Å². The van der Waals surface area contributed by atoms with E-state index in [0.717, 1.165) is 0 Å². The van der Waals surface area contributed by atoms with Gasteiger partial charge in [0.05, 0.1) is 33.3 Å². The molecular formula is C15H18O5S. The van der Waals surface area contributed by atoms with Crippen molar-refractivity contribution in [3.63, 3.8) is 0 Å². The van der Waals surface area contributed by atoms with E-state index in [4.69, 9.17) is 18.9 Å². The average Bonchev–Trinajstić information content (AvgIpc) is 3.00. The smallest absolute Gasteiger partial charge is 0.203 e. The van der Waals surface area contributed by atoms with E-state index in [1.54, 1.807) is 26.4 Å². The van der Waals surface area contributed by atoms with Gasteiger partial charge in [-0.15, -0.1) is 11.3 Å². The first-order chi connectivity index (χ1) is 10.2. The number of thiophene rings is 1. The van der Waals surface area contributed by atoms with Crippen molar-refractivity contribution in [2.45, 2.75) is 6.10 Å². The Kier molecular flexibility index (Phi) is 4.93. The molecule has 0 spiro atoms. The summed E-state index contributed by atoms with van der Waals surface area (Å²) in [5.41, 5.74) is 0.593. The highest BCUT2D eigenvalue weighted by molar-refractivity contribution is 7.10. The zero-order chi connectivity index (χ0) is 15.4. The topological polar surface area (TPSA) is 57.2 Å². The molecule has 0 aliphatic rings. The molecule has 0 aliphatic carbocycles. The fraction of sp³-hybridized carbons (Fsp3) is 0.333. The monoisotopic (exact) mass is 310 g/mol. The summed E-state index contributed by atoms with van der Waals surface area (Å²) in [5, 5.41) is 12.5. The number of rotatable bonds is 6. The molecule has 2 aromatic rings. The lowest BCUT2D eigenvalue weighted by Crippen LogP contribution is -2.04. The van der Waals surface area contributed by atoms with Gasteiger partial charge >= 0.3 is 0 Å². The second kappa shape index (κ2) is 6.69. The van der Waals surface area contributed by atoms with Crippen molar-refractivity contribution in [1.82, 2.24) is 0 Å². The second-order valence-electron chi connectivity index (χ2n) is 4.18. The van der Waals surface area contributed by atoms with Gasteiger partial charge in [-0.2, -0.15) is 0 Å². The highest BCUT2D eigenvalue weighted by Gasteiger charge is 2.24. The molecule has 1 aromatic carbocycles. The summed E-state index contributed by atoms with van der Waals surface area (Å²) in [6.07, 6.45) is -0.866. The SMILES string of the molecule is COc1ccsc1C(O)c1ccc(OC)c(OC)c1OC. The van der Waals surface area contributed by atoms with E-state index in [-0.39, 0.29) is 0 Å². The van der Waals surface area contributed by atoms with Gasteiger partial charge in [0.15, 0.2) is 11.5 Å². The van der Waals surface area contributed by atoms with Gasteiger partial charge in [0.1, 0.15) is 11.9 Å². The molecule has 2 rings (SSSR count). The maximum Gasteiger partial charge on any atom is 0.203 e. The standard InChI is InChI=1S/C15H18O5S/c1-17-10-6-5-9(13(19-3)14(10)20-4)12(16)15-11(18-2)7-8-21-15/h5-8,12,16H,1-4H3. The second-order valence-corrected chi connectivity index (χ2v) is 5.13. The molecule has 114 valence electrons. The highest BCUT2D eigenvalue weighted by atomic mass is 32.1. The van der Waals surface area contributed by atoms with Crippen molar-refractivity contribution in [1.29, 1.82) is 0 Å². The molecule has 0 amide bonds. The third-order valence-electron chi connectivity index (χ3n) is 3.15. The van der Waals surface area contributed by atoms with Crippen LogP contribution in [0.1, 0.15) is 16.5 Å². The van der Waals surface area contributed by atoms with E-state index in [9.17, 15) is 5.11 Å². The summed E-state index contributed by atoms with van der Waals surface area (Å²) in [4.78, 5) is 0.711. The van der Waals surface area contributed by atoms with Gasteiger partial charge in [-0.25, -0.2) is 0 Å². The first-order valence-electron chi connectivity index (χ1n) is 6.26. The summed E-state index contributed by atoms with van der Waals surface area (Å²) < 4.78 is 21.2. The van der Waals surface area contributed by atoms with Crippen LogP contribution in [-0.4, -0.2) is 33.5 Å². The molecule has 0 fully saturated rings. The van der Waals surface area contributed by atoms with Gasteiger partial charge in [0, 0.05) is 5.56 Å². The van der Waals surface area contributed by atoms with E-state index in [0.29, 0.717) is 33.4 Å². The van der Waals surface area contributed by atoms with Crippen LogP contribution in [0.3, 0.4) is 0 Å². The van der Waals surface area contributed by atoms with Crippen LogP contribution in [0.4, 0.5) is 0 Å². The molecule has 0 radical (unpaired) electrons. The molecule has 6 heteroatoms. The highest BCUT2D eigenvalue weighted by Crippen LogP contribution is 2.45. The van der Waals surface area contributed by atoms with Gasteiger partial charge in [0.25, 0.3) is 0 Å². The number of hydrogen-bond donors (Lipinski definition) is 1. The molecule has 1 atom stereocenters. The number of ether oxygens (including phenoxy) is 4. The summed E-state index contributed by atoms with van der Waals surface area (Å²) in [5.74, 6) is 2.08. The van der Waals surface area contributed by atoms with Crippen LogP contribution in [-0.2, 0) is 0 Å². The quantitative estimate of drug-likeness (QED) is 0.889. The zero-order valence-electron chi connectivity index (χ0n) is 12.4. The normalized spacial score (nSPS) is 11.9. The van der Waals surface area contributed by atoms with Crippen LogP contribution in [0, 0.1) is 0 Å². The average molecular weight is 310 g/mol. The van der Waals surface area contributed by atoms with Crippen LogP contribution in [0.5, 0.6) is 23.0 Å². The number of hydrogen-bond acceptors (Lipinski definition) is 6. The minimum Gasteiger partial charge on any atom is -0.495 e. The molecule has 0 aliphatic heterocycles. The summed E-state index contributed by atoms with van der Waals surface area (Å²) >= 11 is 1.42. The van der Waals surface area contributed by atoms with Crippen molar-refractivity contribution < 1.29 is 24.1 Å². The lowest BCUT2D eigenvalue weighted by atomic mass is 10.1. The molecule has 1 N–H and O–H groups in total. The van der Waals surface area contributed by atoms with Crippen LogP contribution in [0.25, 0.3) is 0 Å². The van der Waals surface area contributed by atoms with Crippen LogP contribution in [0.15, 0.2) is 23.6 Å². The molecular weight excluding hydrogens is 292 g/mol. The Bertz CT molecular complexity index is 608. The predicted octanol–water partition coefficient (Wildman–Crippen LogP) is 2.86. The number of benzene rings is 1. The van der Waals surface area contributed by atoms with E-state index in [1.165, 1.54) is 25.6 Å². The number of aliphatic hydroxyl groups is 1. The Labute approximate surface area is 127 Å². The molecule has 0 saturated heterocycles. The van der Waals surface area contributed by atoms with Crippen molar-refractivity contribution >= 4 is 11.3 Å². The van der Waals surface area contributed by atoms with Gasteiger partial charge in [-0.1, -0.05) is 0 Å². The fourth-order valence-corrected chi connectivity index (χ4v) is 3.02. The van der Waals surface area contributed by atoms with E-state index in [2.05, 4.69) is 0 Å². The fourth-order valence-electron chi connectivity index (χ4n) is 2.16. The predicted molar refractivity (Wildman–Crippen MR) is 81.0 cm³/mol. The van der Waals surface area contributed by atoms with E-state index >= 15 is 0 Å². The lowest BCUT2D eigenvalue weighted by molar-refractivity contribution is 0.211. The Morgan fingerprint density at radius 2 is 1.52 bits per heavy atom. The van der Waals surface area contributed by atoms with E-state index in [1.807, 2.05) is 11.4 Å². The maximum atomic E-state index is 10.6. The number of aliphatic hydroxyl groups excluding tert-OH is 1. The third kappa shape index (κ3) is 2.77. The lowest BCUT2D eigenvalue weighted by Gasteiger charge is -2.19. The summed E-state index contributed by atoms with van der Waals surface area (Å²) in [6.45, 7) is 0. The molecule has 0 saturated carbocycles. The van der Waals surface area contributed by atoms with Gasteiger partial charge in [0.2, 0.25) is 5.75 Å². The van der Waals surface area contributed by atoms with E-state index < -0.39 is 6.10 Å². The number of methoxy groups -OCH3 is 4. The van der Waals surface area contributed by atoms with Crippen LogP contribution < -0.4 is 18.9 Å². The maximum absolute atomic E-state index is 10.6. The minimum absolute atomic E-state index is 0.444. The Balaban J connectivity index is 2.53. The van der Waals surface area contributed by atoms with Crippen molar-refractivity contribution in [2.75, 3.05) is 28.4 Å². The molecule has 0 bridgehead atoms. The minimum atomic E-state index is -0.866. The van der Waals surface area contributed by atoms with Crippen molar-refractivity contribution in [2.24, 2.45) is 0 Å². The zero-order valence-corrected chi connectivity index (χ0v) is 13.2. The first-order valence-corrected chi connectivity index (χ1v) is 7.14. The molecule has 5 nitrogen and oxygen atoms in total. The van der Waals surface area contributed by atoms with Crippen LogP contribution in [0.2, 0.25) is 0 Å². The van der Waals surface area contributed by atoms with Crippen molar-refractivity contribution in [3.05, 3.63) is 34.0 Å². The summed E-state index contributed by atoms with van der Waals surface area (Å²) in [6, 6.07) is 5.31. The molecule has 1 heterocycles. The van der Waals surface area contributed by atoms with Crippen LogP contribution >= 0.6 is 11.3 Å². The largest absolute Gasteiger partial charge is 0.495 e. The first kappa shape index (κ1) is 15.5. The molecule has 1 aromatic heterocycles. The third-order valence-corrected chi connectivity index (χ3v) is 4.11. The molecule has 1 unspecified atom stereocenters. The summed E-state index contributed by atoms with van der Waals surface area (Å²) in [7, 11) is 6.18. The van der Waals surface area contributed by atoms with Crippen molar-refractivity contribution in [3.8, 4) is 23.0 Å². The van der Waals surface area contributed by atoms with Gasteiger partial charge < -0.3 is 24.1 Å². The Morgan fingerprint density at radius 1 is 0.857 bits per heavy atom. The Hall–Kier alpha value is -1.92. The molecule has 21 heavy (non-hydrogen) atoms. The van der Waals surface area contributed by atoms with Gasteiger partial charge in [-0.05, 0) is 23.6 Å².